The number of aromatic nitrogens is 1. The minimum absolute atomic E-state index is 0.146. The van der Waals surface area contributed by atoms with Crippen LogP contribution >= 0.6 is 0 Å². The van der Waals surface area contributed by atoms with E-state index < -0.39 is 11.9 Å². The molecule has 2 aliphatic rings. The van der Waals surface area contributed by atoms with Gasteiger partial charge < -0.3 is 14.7 Å². The van der Waals surface area contributed by atoms with Crippen LogP contribution in [0, 0.1) is 5.92 Å². The van der Waals surface area contributed by atoms with Crippen LogP contribution in [0.25, 0.3) is 0 Å². The lowest BCUT2D eigenvalue weighted by Gasteiger charge is -2.40. The predicted octanol–water partition coefficient (Wildman–Crippen LogP) is 2.02. The zero-order valence-corrected chi connectivity index (χ0v) is 10.7. The molecule has 3 rings (SSSR count). The Labute approximate surface area is 114 Å². The van der Waals surface area contributed by atoms with Crippen molar-refractivity contribution < 1.29 is 23.4 Å². The summed E-state index contributed by atoms with van der Waals surface area (Å²) in [5, 5.41) is 8.93. The molecule has 0 radical (unpaired) electrons. The Kier molecular flexibility index (Phi) is 2.99. The number of hydrogen-bond acceptors (Lipinski definition) is 4. The fraction of sp³-hybridized carbons (Fsp3) is 0.538. The van der Waals surface area contributed by atoms with Gasteiger partial charge in [0.1, 0.15) is 5.75 Å². The number of carbonyl (C=O) groups is 1. The van der Waals surface area contributed by atoms with E-state index >= 15 is 0 Å². The van der Waals surface area contributed by atoms with Gasteiger partial charge in [0, 0.05) is 6.07 Å². The minimum Gasteiger partial charge on any atom is -0.491 e. The van der Waals surface area contributed by atoms with E-state index in [0.29, 0.717) is 24.0 Å². The van der Waals surface area contributed by atoms with Gasteiger partial charge in [-0.3, -0.25) is 0 Å². The summed E-state index contributed by atoms with van der Waals surface area (Å²) in [5.41, 5.74) is 0.286. The number of alkyl halides is 2. The Morgan fingerprint density at radius 1 is 1.50 bits per heavy atom. The van der Waals surface area contributed by atoms with Crippen LogP contribution in [0.4, 0.5) is 14.5 Å². The second kappa shape index (κ2) is 4.57. The summed E-state index contributed by atoms with van der Waals surface area (Å²) in [4.78, 5) is 16.1. The van der Waals surface area contributed by atoms with E-state index in [1.54, 1.807) is 0 Å². The van der Waals surface area contributed by atoms with Crippen LogP contribution in [-0.2, 0) is 0 Å². The van der Waals surface area contributed by atoms with E-state index in [2.05, 4.69) is 4.98 Å². The fourth-order valence-electron chi connectivity index (χ4n) is 2.07. The molecule has 1 aliphatic carbocycles. The maximum atomic E-state index is 12.9. The number of halogens is 2. The molecule has 1 saturated carbocycles. The summed E-state index contributed by atoms with van der Waals surface area (Å²) >= 11 is 0. The zero-order valence-electron chi connectivity index (χ0n) is 10.7. The Morgan fingerprint density at radius 2 is 2.20 bits per heavy atom. The molecule has 0 unspecified atom stereocenters. The van der Waals surface area contributed by atoms with Crippen molar-refractivity contribution in [3.05, 3.63) is 18.0 Å². The molecule has 20 heavy (non-hydrogen) atoms. The van der Waals surface area contributed by atoms with Crippen LogP contribution in [0.5, 0.6) is 5.75 Å². The van der Waals surface area contributed by atoms with Crippen LogP contribution in [0.1, 0.15) is 23.3 Å². The number of pyridine rings is 1. The molecule has 108 valence electrons. The van der Waals surface area contributed by atoms with Crippen molar-refractivity contribution in [2.75, 3.05) is 24.6 Å². The molecule has 1 N–H and O–H groups in total. The molecule has 5 nitrogen and oxygen atoms in total. The Bertz CT molecular complexity index is 538. The van der Waals surface area contributed by atoms with Crippen LogP contribution in [0.2, 0.25) is 0 Å². The standard InChI is InChI=1S/C13H14F2N2O3/c14-13(15)6-17(7-13)10-4-16-9(12(18)19)3-11(10)20-5-8-1-2-8/h3-4,8H,1-2,5-7H2,(H,18,19). The zero-order chi connectivity index (χ0) is 14.3. The van der Waals surface area contributed by atoms with Crippen molar-refractivity contribution in [1.82, 2.24) is 4.98 Å². The highest BCUT2D eigenvalue weighted by Gasteiger charge is 2.45. The van der Waals surface area contributed by atoms with Gasteiger partial charge in [-0.25, -0.2) is 18.6 Å². The van der Waals surface area contributed by atoms with E-state index in [9.17, 15) is 13.6 Å². The first-order valence-electron chi connectivity index (χ1n) is 6.43. The van der Waals surface area contributed by atoms with Gasteiger partial charge in [-0.2, -0.15) is 0 Å². The summed E-state index contributed by atoms with van der Waals surface area (Å²) in [6.45, 7) is -0.290. The topological polar surface area (TPSA) is 62.7 Å². The molecule has 1 saturated heterocycles. The maximum Gasteiger partial charge on any atom is 0.354 e. The van der Waals surface area contributed by atoms with Gasteiger partial charge in [0.25, 0.3) is 5.92 Å². The van der Waals surface area contributed by atoms with Crippen LogP contribution in [0.3, 0.4) is 0 Å². The molecule has 0 bridgehead atoms. The number of aromatic carboxylic acids is 1. The second-order valence-corrected chi connectivity index (χ2v) is 5.31. The van der Waals surface area contributed by atoms with Crippen molar-refractivity contribution in [2.45, 2.75) is 18.8 Å². The molecule has 0 spiro atoms. The maximum absolute atomic E-state index is 12.9. The molecule has 2 heterocycles. The highest BCUT2D eigenvalue weighted by atomic mass is 19.3. The molecule has 1 aromatic rings. The third-order valence-electron chi connectivity index (χ3n) is 3.42. The largest absolute Gasteiger partial charge is 0.491 e. The lowest BCUT2D eigenvalue weighted by molar-refractivity contribution is -0.0265. The van der Waals surface area contributed by atoms with Crippen molar-refractivity contribution in [1.29, 1.82) is 0 Å². The monoisotopic (exact) mass is 284 g/mol. The van der Waals surface area contributed by atoms with E-state index in [1.165, 1.54) is 17.2 Å². The average molecular weight is 284 g/mol. The van der Waals surface area contributed by atoms with Gasteiger partial charge in [-0.05, 0) is 18.8 Å². The highest BCUT2D eigenvalue weighted by molar-refractivity contribution is 5.86. The Hall–Kier alpha value is -1.92. The minimum atomic E-state index is -2.70. The highest BCUT2D eigenvalue weighted by Crippen LogP contribution is 2.38. The summed E-state index contributed by atoms with van der Waals surface area (Å²) in [6, 6.07) is 1.30. The lowest BCUT2D eigenvalue weighted by Crippen LogP contribution is -2.56. The normalized spacial score (nSPS) is 20.4. The average Bonchev–Trinajstić information content (AvgIpc) is 3.17. The number of carboxylic acids is 1. The van der Waals surface area contributed by atoms with Gasteiger partial charge >= 0.3 is 5.97 Å². The van der Waals surface area contributed by atoms with Crippen molar-refractivity contribution in [3.63, 3.8) is 0 Å². The third kappa shape index (κ3) is 2.66. The number of carboxylic acid groups (broad SMARTS) is 1. The first-order valence-corrected chi connectivity index (χ1v) is 6.43. The van der Waals surface area contributed by atoms with Crippen molar-refractivity contribution in [2.24, 2.45) is 5.92 Å². The van der Waals surface area contributed by atoms with Crippen LogP contribution in [0.15, 0.2) is 12.3 Å². The van der Waals surface area contributed by atoms with E-state index in [-0.39, 0.29) is 18.8 Å². The number of rotatable bonds is 5. The summed E-state index contributed by atoms with van der Waals surface area (Å²) in [6.07, 6.45) is 3.48. The van der Waals surface area contributed by atoms with Gasteiger partial charge in [-0.15, -0.1) is 0 Å². The molecule has 7 heteroatoms. The molecule has 1 aromatic heterocycles. The molecular formula is C13H14F2N2O3. The number of nitrogens with zero attached hydrogens (tertiary/aromatic N) is 2. The Balaban J connectivity index is 1.81. The number of ether oxygens (including phenoxy) is 1. The van der Waals surface area contributed by atoms with E-state index in [0.717, 1.165) is 12.8 Å². The molecule has 0 atom stereocenters. The third-order valence-corrected chi connectivity index (χ3v) is 3.42. The predicted molar refractivity (Wildman–Crippen MR) is 66.6 cm³/mol. The number of anilines is 1. The summed E-state index contributed by atoms with van der Waals surface area (Å²) in [5.74, 6) is -3.05. The smallest absolute Gasteiger partial charge is 0.354 e. The molecule has 0 amide bonds. The van der Waals surface area contributed by atoms with Gasteiger partial charge in [0.2, 0.25) is 0 Å². The fourth-order valence-corrected chi connectivity index (χ4v) is 2.07. The SMILES string of the molecule is O=C(O)c1cc(OCC2CC2)c(N2CC(F)(F)C2)cn1. The van der Waals surface area contributed by atoms with E-state index in [4.69, 9.17) is 9.84 Å². The van der Waals surface area contributed by atoms with Crippen LogP contribution < -0.4 is 9.64 Å². The van der Waals surface area contributed by atoms with Crippen molar-refractivity contribution in [3.8, 4) is 5.75 Å². The van der Waals surface area contributed by atoms with E-state index in [1.807, 2.05) is 0 Å². The second-order valence-electron chi connectivity index (χ2n) is 5.31. The molecule has 1 aliphatic heterocycles. The molecule has 2 fully saturated rings. The Morgan fingerprint density at radius 3 is 2.75 bits per heavy atom. The van der Waals surface area contributed by atoms with Gasteiger partial charge in [0.15, 0.2) is 5.69 Å². The van der Waals surface area contributed by atoms with Gasteiger partial charge in [0.05, 0.1) is 31.6 Å². The quantitative estimate of drug-likeness (QED) is 0.896. The summed E-state index contributed by atoms with van der Waals surface area (Å²) < 4.78 is 31.5. The molecule has 0 aromatic carbocycles. The number of hydrogen-bond donors (Lipinski definition) is 1. The lowest BCUT2D eigenvalue weighted by atomic mass is 10.1. The van der Waals surface area contributed by atoms with Crippen LogP contribution in [-0.4, -0.2) is 41.7 Å². The van der Waals surface area contributed by atoms with Crippen molar-refractivity contribution >= 4 is 11.7 Å². The van der Waals surface area contributed by atoms with Gasteiger partial charge in [-0.1, -0.05) is 0 Å². The first kappa shape index (κ1) is 13.1. The molecular weight excluding hydrogens is 270 g/mol. The summed E-state index contributed by atoms with van der Waals surface area (Å²) in [7, 11) is 0. The first-order chi connectivity index (χ1) is 9.44.